The Labute approximate surface area is 110 Å². The van der Waals surface area contributed by atoms with E-state index in [4.69, 9.17) is 16.7 Å². The molecular formula is C13H16ClNOS. The zero-order chi connectivity index (χ0) is 12.6. The third-order valence-electron chi connectivity index (χ3n) is 3.15. The third-order valence-corrected chi connectivity index (χ3v) is 4.66. The molecule has 2 N–H and O–H groups in total. The molecule has 0 bridgehead atoms. The van der Waals surface area contributed by atoms with E-state index in [1.165, 1.54) is 16.7 Å². The highest BCUT2D eigenvalue weighted by Gasteiger charge is 2.30. The van der Waals surface area contributed by atoms with Crippen LogP contribution < -0.4 is 5.14 Å². The Morgan fingerprint density at radius 1 is 1.41 bits per heavy atom. The van der Waals surface area contributed by atoms with E-state index in [0.29, 0.717) is 0 Å². The van der Waals surface area contributed by atoms with Crippen LogP contribution >= 0.6 is 11.6 Å². The first-order valence-electron chi connectivity index (χ1n) is 5.57. The summed E-state index contributed by atoms with van der Waals surface area (Å²) < 4.78 is 10.9. The summed E-state index contributed by atoms with van der Waals surface area (Å²) in [6, 6.07) is 5.93. The summed E-state index contributed by atoms with van der Waals surface area (Å²) in [6.45, 7) is 3.78. The minimum Gasteiger partial charge on any atom is -0.598 e. The molecule has 0 radical (unpaired) electrons. The molecule has 1 aromatic rings. The van der Waals surface area contributed by atoms with Crippen LogP contribution in [0.2, 0.25) is 5.02 Å². The van der Waals surface area contributed by atoms with Gasteiger partial charge in [0, 0.05) is 16.4 Å². The summed E-state index contributed by atoms with van der Waals surface area (Å²) in [5.41, 5.74) is 3.57. The van der Waals surface area contributed by atoms with Crippen molar-refractivity contribution >= 4 is 28.5 Å². The Hall–Kier alpha value is -0.480. The maximum absolute atomic E-state index is 11.5. The average Bonchev–Trinajstić information content (AvgIpc) is 2.62. The molecule has 0 saturated carbocycles. The molecule has 0 saturated heterocycles. The van der Waals surface area contributed by atoms with Crippen LogP contribution in [-0.2, 0) is 17.8 Å². The van der Waals surface area contributed by atoms with E-state index in [9.17, 15) is 4.55 Å². The van der Waals surface area contributed by atoms with Crippen molar-refractivity contribution in [2.24, 2.45) is 5.14 Å². The Morgan fingerprint density at radius 2 is 2.12 bits per heavy atom. The lowest BCUT2D eigenvalue weighted by Gasteiger charge is -2.21. The van der Waals surface area contributed by atoms with Gasteiger partial charge >= 0.3 is 0 Å². The largest absolute Gasteiger partial charge is 0.598 e. The third kappa shape index (κ3) is 2.52. The highest BCUT2D eigenvalue weighted by Crippen LogP contribution is 2.38. The molecular weight excluding hydrogens is 254 g/mol. The topological polar surface area (TPSA) is 49.1 Å². The lowest BCUT2D eigenvalue weighted by molar-refractivity contribution is 0.573. The van der Waals surface area contributed by atoms with E-state index in [2.05, 4.69) is 6.07 Å². The van der Waals surface area contributed by atoms with Crippen molar-refractivity contribution in [1.82, 2.24) is 0 Å². The molecule has 1 aromatic carbocycles. The zero-order valence-electron chi connectivity index (χ0n) is 10.00. The van der Waals surface area contributed by atoms with Crippen molar-refractivity contribution < 1.29 is 4.55 Å². The van der Waals surface area contributed by atoms with Crippen LogP contribution in [0.25, 0.3) is 5.57 Å². The van der Waals surface area contributed by atoms with Crippen LogP contribution in [0.15, 0.2) is 24.3 Å². The number of hydrogen-bond donors (Lipinski definition) is 1. The van der Waals surface area contributed by atoms with Crippen molar-refractivity contribution in [3.63, 3.8) is 0 Å². The fraction of sp³-hybridized carbons (Fsp3) is 0.385. The van der Waals surface area contributed by atoms with Gasteiger partial charge in [-0.15, -0.1) is 0 Å². The van der Waals surface area contributed by atoms with E-state index in [0.717, 1.165) is 17.9 Å². The highest BCUT2D eigenvalue weighted by molar-refractivity contribution is 7.90. The quantitative estimate of drug-likeness (QED) is 0.839. The SMILES string of the molecule is CC(C)(C=C1CCc2c(Cl)cccc21)[S@+](N)[O-]. The lowest BCUT2D eigenvalue weighted by atomic mass is 10.0. The fourth-order valence-electron chi connectivity index (χ4n) is 2.14. The van der Waals surface area contributed by atoms with Crippen LogP contribution in [0.3, 0.4) is 0 Å². The highest BCUT2D eigenvalue weighted by atomic mass is 35.5. The maximum atomic E-state index is 11.5. The second-order valence-electron chi connectivity index (χ2n) is 4.84. The van der Waals surface area contributed by atoms with E-state index in [-0.39, 0.29) is 0 Å². The van der Waals surface area contributed by atoms with Gasteiger partial charge in [-0.2, -0.15) is 5.14 Å². The van der Waals surface area contributed by atoms with Gasteiger partial charge in [-0.1, -0.05) is 23.7 Å². The van der Waals surface area contributed by atoms with Gasteiger partial charge < -0.3 is 4.55 Å². The summed E-state index contributed by atoms with van der Waals surface area (Å²) in [5, 5.41) is 6.32. The summed E-state index contributed by atoms with van der Waals surface area (Å²) in [6.07, 6.45) is 3.92. The molecule has 17 heavy (non-hydrogen) atoms. The summed E-state index contributed by atoms with van der Waals surface area (Å²) in [5.74, 6) is 0. The van der Waals surface area contributed by atoms with Gasteiger partial charge in [0.05, 0.1) is 0 Å². The first kappa shape index (κ1) is 13.0. The minimum atomic E-state index is -1.36. The van der Waals surface area contributed by atoms with Gasteiger partial charge in [0.25, 0.3) is 0 Å². The molecule has 0 aliphatic heterocycles. The van der Waals surface area contributed by atoms with Crippen molar-refractivity contribution in [3.05, 3.63) is 40.4 Å². The average molecular weight is 270 g/mol. The molecule has 2 nitrogen and oxygen atoms in total. The first-order valence-corrected chi connectivity index (χ1v) is 7.16. The number of fused-ring (bicyclic) bond motifs is 1. The van der Waals surface area contributed by atoms with Gasteiger partial charge in [0.15, 0.2) is 4.75 Å². The van der Waals surface area contributed by atoms with Crippen LogP contribution in [-0.4, -0.2) is 9.30 Å². The molecule has 0 aromatic heterocycles. The molecule has 0 heterocycles. The fourth-order valence-corrected chi connectivity index (χ4v) is 2.66. The van der Waals surface area contributed by atoms with Gasteiger partial charge in [0.2, 0.25) is 0 Å². The maximum Gasteiger partial charge on any atom is 0.158 e. The molecule has 1 atom stereocenters. The Balaban J connectivity index is 2.41. The van der Waals surface area contributed by atoms with Crippen LogP contribution in [0.5, 0.6) is 0 Å². The minimum absolute atomic E-state index is 0.501. The van der Waals surface area contributed by atoms with Gasteiger partial charge in [-0.25, -0.2) is 0 Å². The van der Waals surface area contributed by atoms with Crippen molar-refractivity contribution in [2.75, 3.05) is 0 Å². The summed E-state index contributed by atoms with van der Waals surface area (Å²) >= 11 is 4.79. The predicted octanol–water partition coefficient (Wildman–Crippen LogP) is 3.07. The Kier molecular flexibility index (Phi) is 3.55. The number of allylic oxidation sites excluding steroid dienone is 1. The van der Waals surface area contributed by atoms with Crippen LogP contribution in [0.4, 0.5) is 0 Å². The second kappa shape index (κ2) is 4.65. The monoisotopic (exact) mass is 269 g/mol. The van der Waals surface area contributed by atoms with Crippen molar-refractivity contribution in [1.29, 1.82) is 0 Å². The van der Waals surface area contributed by atoms with E-state index >= 15 is 0 Å². The molecule has 1 aliphatic carbocycles. The molecule has 0 amide bonds. The first-order chi connectivity index (χ1) is 7.92. The van der Waals surface area contributed by atoms with E-state index < -0.39 is 16.1 Å². The molecule has 1 aliphatic rings. The number of hydrogen-bond acceptors (Lipinski definition) is 2. The van der Waals surface area contributed by atoms with E-state index in [1.807, 2.05) is 32.1 Å². The van der Waals surface area contributed by atoms with Crippen molar-refractivity contribution in [2.45, 2.75) is 31.4 Å². The summed E-state index contributed by atoms with van der Waals surface area (Å²) in [7, 11) is 0. The zero-order valence-corrected chi connectivity index (χ0v) is 11.6. The van der Waals surface area contributed by atoms with Gasteiger partial charge in [-0.3, -0.25) is 0 Å². The number of halogens is 1. The van der Waals surface area contributed by atoms with Crippen LogP contribution in [0, 0.1) is 0 Å². The van der Waals surface area contributed by atoms with E-state index in [1.54, 1.807) is 0 Å². The molecule has 4 heteroatoms. The van der Waals surface area contributed by atoms with Crippen molar-refractivity contribution in [3.8, 4) is 0 Å². The van der Waals surface area contributed by atoms with Gasteiger partial charge in [0.1, 0.15) is 0 Å². The molecule has 2 rings (SSSR count). The number of benzene rings is 1. The molecule has 0 fully saturated rings. The normalized spacial score (nSPS) is 19.5. The molecule has 0 spiro atoms. The second-order valence-corrected chi connectivity index (χ2v) is 6.89. The number of rotatable bonds is 2. The molecule has 92 valence electrons. The van der Waals surface area contributed by atoms with Gasteiger partial charge in [-0.05, 0) is 55.5 Å². The predicted molar refractivity (Wildman–Crippen MR) is 74.2 cm³/mol. The standard InChI is InChI=1S/C13H16ClNOS/c1-13(2,17(15)16)8-9-6-7-11-10(9)4-3-5-12(11)14/h3-5,8H,6-7,15H2,1-2H3/t17-/m1/s1. The summed E-state index contributed by atoms with van der Waals surface area (Å²) in [4.78, 5) is 0. The lowest BCUT2D eigenvalue weighted by Crippen LogP contribution is -2.36. The van der Waals surface area contributed by atoms with Crippen LogP contribution in [0.1, 0.15) is 31.4 Å². The smallest absolute Gasteiger partial charge is 0.158 e. The Bertz CT molecular complexity index is 468. The Morgan fingerprint density at radius 3 is 2.76 bits per heavy atom. The number of nitrogens with two attached hydrogens (primary N) is 1. The molecule has 0 unspecified atom stereocenters.